The maximum Gasteiger partial charge on any atom is 0.246 e. The van der Waals surface area contributed by atoms with Crippen LogP contribution in [0.4, 0.5) is 11.8 Å². The summed E-state index contributed by atoms with van der Waals surface area (Å²) in [5, 5.41) is 0. The minimum absolute atomic E-state index is 0.0572. The number of hydrogen-bond acceptors (Lipinski definition) is 6. The van der Waals surface area contributed by atoms with Gasteiger partial charge in [-0.25, -0.2) is 4.98 Å². The molecule has 0 radical (unpaired) electrons. The number of likely N-dealkylation sites (N-methyl/N-ethyl adjacent to an activating group) is 1. The van der Waals surface area contributed by atoms with E-state index in [2.05, 4.69) is 32.8 Å². The smallest absolute Gasteiger partial charge is 0.246 e. The number of carbonyl (C=O) groups excluding carboxylic acids is 1. The van der Waals surface area contributed by atoms with Crippen LogP contribution in [0, 0.1) is 6.92 Å². The van der Waals surface area contributed by atoms with Crippen molar-refractivity contribution < 1.29 is 4.79 Å². The maximum atomic E-state index is 12.5. The van der Waals surface area contributed by atoms with Crippen molar-refractivity contribution in [3.05, 3.63) is 53.7 Å². The second-order valence-electron chi connectivity index (χ2n) is 8.01. The number of amides is 1. The number of aryl methyl sites for hydroxylation is 1. The summed E-state index contributed by atoms with van der Waals surface area (Å²) in [4.78, 5) is 30.8. The number of nitrogens with zero attached hydrogens (tertiary/aromatic N) is 6. The van der Waals surface area contributed by atoms with Gasteiger partial charge in [-0.2, -0.15) is 4.98 Å². The Kier molecular flexibility index (Phi) is 6.28. The zero-order valence-electron chi connectivity index (χ0n) is 17.9. The molecule has 2 aliphatic rings. The Bertz CT molecular complexity index is 884. The van der Waals surface area contributed by atoms with Crippen molar-refractivity contribution in [2.24, 2.45) is 0 Å². The average Bonchev–Trinajstić information content (AvgIpc) is 2.78. The van der Waals surface area contributed by atoms with Crippen molar-refractivity contribution in [2.75, 3.05) is 69.2 Å². The van der Waals surface area contributed by atoms with Gasteiger partial charge in [0.1, 0.15) is 5.82 Å². The van der Waals surface area contributed by atoms with Gasteiger partial charge in [-0.15, -0.1) is 0 Å². The number of anilines is 2. The Morgan fingerprint density at radius 3 is 2.27 bits per heavy atom. The molecule has 0 atom stereocenters. The SMILES string of the molecule is Cc1cc(N2CCN(C)CC2)nc(N2CCN(C(=O)/C=C/c3ccccc3)CC2)n1. The van der Waals surface area contributed by atoms with Gasteiger partial charge in [-0.1, -0.05) is 30.3 Å². The highest BCUT2D eigenvalue weighted by Crippen LogP contribution is 2.20. The van der Waals surface area contributed by atoms with E-state index in [1.165, 1.54) is 0 Å². The number of hydrogen-bond donors (Lipinski definition) is 0. The normalized spacial score (nSPS) is 18.3. The van der Waals surface area contributed by atoms with E-state index < -0.39 is 0 Å². The first-order valence-corrected chi connectivity index (χ1v) is 10.6. The lowest BCUT2D eigenvalue weighted by Crippen LogP contribution is -2.49. The van der Waals surface area contributed by atoms with E-state index in [0.29, 0.717) is 13.1 Å². The predicted octanol–water partition coefficient (Wildman–Crippen LogP) is 1.90. The van der Waals surface area contributed by atoms with Crippen LogP contribution < -0.4 is 9.80 Å². The third-order valence-corrected chi connectivity index (χ3v) is 5.75. The minimum Gasteiger partial charge on any atom is -0.354 e. The molecule has 7 nitrogen and oxygen atoms in total. The van der Waals surface area contributed by atoms with Gasteiger partial charge < -0.3 is 19.6 Å². The second-order valence-corrected chi connectivity index (χ2v) is 8.01. The molecule has 0 saturated carbocycles. The largest absolute Gasteiger partial charge is 0.354 e. The molecule has 30 heavy (non-hydrogen) atoms. The zero-order chi connectivity index (χ0) is 20.9. The summed E-state index contributed by atoms with van der Waals surface area (Å²) in [5.41, 5.74) is 2.02. The standard InChI is InChI=1S/C23H30N6O/c1-19-18-21(27-12-10-26(2)11-13-27)25-23(24-19)29-16-14-28(15-17-29)22(30)9-8-20-6-4-3-5-7-20/h3-9,18H,10-17H2,1-2H3/b9-8+. The molecule has 1 aromatic heterocycles. The van der Waals surface area contributed by atoms with Gasteiger partial charge in [0, 0.05) is 70.2 Å². The second kappa shape index (κ2) is 9.26. The van der Waals surface area contributed by atoms with E-state index in [1.54, 1.807) is 6.08 Å². The quantitative estimate of drug-likeness (QED) is 0.723. The summed E-state index contributed by atoms with van der Waals surface area (Å²) < 4.78 is 0. The van der Waals surface area contributed by atoms with Gasteiger partial charge in [0.2, 0.25) is 11.9 Å². The highest BCUT2D eigenvalue weighted by molar-refractivity contribution is 5.91. The molecule has 0 N–H and O–H groups in total. The molecular weight excluding hydrogens is 376 g/mol. The van der Waals surface area contributed by atoms with Crippen molar-refractivity contribution in [1.29, 1.82) is 0 Å². The highest BCUT2D eigenvalue weighted by atomic mass is 16.2. The summed E-state index contributed by atoms with van der Waals surface area (Å²) >= 11 is 0. The van der Waals surface area contributed by atoms with Crippen LogP contribution in [0.1, 0.15) is 11.3 Å². The monoisotopic (exact) mass is 406 g/mol. The van der Waals surface area contributed by atoms with Crippen molar-refractivity contribution in [3.8, 4) is 0 Å². The fraction of sp³-hybridized carbons (Fsp3) is 0.435. The molecule has 4 rings (SSSR count). The van der Waals surface area contributed by atoms with Gasteiger partial charge in [0.25, 0.3) is 0 Å². The number of piperazine rings is 2. The van der Waals surface area contributed by atoms with Crippen molar-refractivity contribution in [3.63, 3.8) is 0 Å². The topological polar surface area (TPSA) is 55.8 Å². The molecule has 0 unspecified atom stereocenters. The van der Waals surface area contributed by atoms with Crippen LogP contribution >= 0.6 is 0 Å². The molecule has 0 spiro atoms. The lowest BCUT2D eigenvalue weighted by Gasteiger charge is -2.36. The van der Waals surface area contributed by atoms with Crippen LogP contribution in [0.3, 0.4) is 0 Å². The van der Waals surface area contributed by atoms with Gasteiger partial charge >= 0.3 is 0 Å². The Balaban J connectivity index is 1.37. The van der Waals surface area contributed by atoms with E-state index in [4.69, 9.17) is 4.98 Å². The number of benzene rings is 1. The summed E-state index contributed by atoms with van der Waals surface area (Å²) in [6, 6.07) is 12.0. The molecule has 2 fully saturated rings. The number of rotatable bonds is 4. The Hall–Kier alpha value is -2.93. The zero-order valence-corrected chi connectivity index (χ0v) is 17.9. The molecule has 2 saturated heterocycles. The summed E-state index contributed by atoms with van der Waals surface area (Å²) in [6.45, 7) is 8.96. The van der Waals surface area contributed by atoms with Crippen LogP contribution in [0.5, 0.6) is 0 Å². The summed E-state index contributed by atoms with van der Waals surface area (Å²) in [5.74, 6) is 1.84. The first-order chi connectivity index (χ1) is 14.6. The van der Waals surface area contributed by atoms with Crippen LogP contribution in [-0.2, 0) is 4.79 Å². The average molecular weight is 407 g/mol. The molecule has 0 aliphatic carbocycles. The van der Waals surface area contributed by atoms with E-state index >= 15 is 0 Å². The Morgan fingerprint density at radius 2 is 1.57 bits per heavy atom. The van der Waals surface area contributed by atoms with E-state index in [1.807, 2.05) is 48.2 Å². The Morgan fingerprint density at radius 1 is 0.900 bits per heavy atom. The fourth-order valence-electron chi connectivity index (χ4n) is 3.84. The van der Waals surface area contributed by atoms with Gasteiger partial charge in [-0.3, -0.25) is 4.79 Å². The fourth-order valence-corrected chi connectivity index (χ4v) is 3.84. The van der Waals surface area contributed by atoms with E-state index in [-0.39, 0.29) is 5.91 Å². The first kappa shape index (κ1) is 20.3. The molecule has 0 bridgehead atoms. The highest BCUT2D eigenvalue weighted by Gasteiger charge is 2.23. The molecule has 3 heterocycles. The van der Waals surface area contributed by atoms with Crippen LogP contribution in [0.25, 0.3) is 6.08 Å². The first-order valence-electron chi connectivity index (χ1n) is 10.6. The lowest BCUT2D eigenvalue weighted by atomic mass is 10.2. The van der Waals surface area contributed by atoms with E-state index in [0.717, 1.165) is 62.3 Å². The number of carbonyl (C=O) groups is 1. The van der Waals surface area contributed by atoms with Crippen LogP contribution in [0.2, 0.25) is 0 Å². The summed E-state index contributed by atoms with van der Waals surface area (Å²) in [7, 11) is 2.16. The number of aromatic nitrogens is 2. The van der Waals surface area contributed by atoms with Gasteiger partial charge in [0.15, 0.2) is 0 Å². The predicted molar refractivity (Wildman–Crippen MR) is 121 cm³/mol. The maximum absolute atomic E-state index is 12.5. The lowest BCUT2D eigenvalue weighted by molar-refractivity contribution is -0.126. The van der Waals surface area contributed by atoms with Crippen LogP contribution in [0.15, 0.2) is 42.5 Å². The molecule has 2 aliphatic heterocycles. The van der Waals surface area contributed by atoms with Crippen molar-refractivity contribution in [1.82, 2.24) is 19.8 Å². The van der Waals surface area contributed by atoms with Crippen molar-refractivity contribution in [2.45, 2.75) is 6.92 Å². The molecule has 2 aromatic rings. The summed E-state index contributed by atoms with van der Waals surface area (Å²) in [6.07, 6.45) is 3.54. The molecular formula is C23H30N6O. The third-order valence-electron chi connectivity index (χ3n) is 5.75. The third kappa shape index (κ3) is 4.97. The van der Waals surface area contributed by atoms with Gasteiger partial charge in [0.05, 0.1) is 0 Å². The molecule has 1 aromatic carbocycles. The van der Waals surface area contributed by atoms with Crippen molar-refractivity contribution >= 4 is 23.7 Å². The molecule has 7 heteroatoms. The Labute approximate surface area is 178 Å². The van der Waals surface area contributed by atoms with Gasteiger partial charge in [-0.05, 0) is 25.6 Å². The van der Waals surface area contributed by atoms with E-state index in [9.17, 15) is 4.79 Å². The molecule has 1 amide bonds. The van der Waals surface area contributed by atoms with Crippen LogP contribution in [-0.4, -0.2) is 85.1 Å². The molecule has 158 valence electrons. The minimum atomic E-state index is 0.0572.